The lowest BCUT2D eigenvalue weighted by Gasteiger charge is -2.09. The van der Waals surface area contributed by atoms with E-state index in [1.807, 2.05) is 30.3 Å². The summed E-state index contributed by atoms with van der Waals surface area (Å²) < 4.78 is 35.0. The fourth-order valence-electron chi connectivity index (χ4n) is 3.66. The zero-order valence-corrected chi connectivity index (χ0v) is 21.0. The second kappa shape index (κ2) is 11.6. The van der Waals surface area contributed by atoms with Gasteiger partial charge < -0.3 is 20.0 Å². The van der Waals surface area contributed by atoms with E-state index in [0.29, 0.717) is 16.7 Å². The molecule has 9 nitrogen and oxygen atoms in total. The molecule has 0 spiro atoms. The van der Waals surface area contributed by atoms with Crippen LogP contribution in [0.15, 0.2) is 91.0 Å². The number of hydrogen-bond donors (Lipinski definition) is 3. The van der Waals surface area contributed by atoms with Crippen LogP contribution in [0.5, 0.6) is 0 Å². The summed E-state index contributed by atoms with van der Waals surface area (Å²) in [7, 11) is -4.21. The Balaban J connectivity index is 1.30. The molecule has 0 atom stereocenters. The zero-order valence-electron chi connectivity index (χ0n) is 20.2. The Bertz CT molecular complexity index is 1590. The minimum atomic E-state index is -4.21. The summed E-state index contributed by atoms with van der Waals surface area (Å²) in [6.45, 7) is 0.309. The zero-order chi connectivity index (χ0) is 27.1. The Hall–Kier alpha value is -4.70. The van der Waals surface area contributed by atoms with Crippen LogP contribution in [-0.4, -0.2) is 26.3 Å². The van der Waals surface area contributed by atoms with Crippen molar-refractivity contribution in [3.63, 3.8) is 0 Å². The van der Waals surface area contributed by atoms with Crippen LogP contribution in [0.4, 0.5) is 4.79 Å². The van der Waals surface area contributed by atoms with E-state index in [0.717, 1.165) is 16.3 Å². The molecule has 0 radical (unpaired) electrons. The Morgan fingerprint density at radius 1 is 0.789 bits per heavy atom. The van der Waals surface area contributed by atoms with Crippen molar-refractivity contribution < 1.29 is 26.9 Å². The highest BCUT2D eigenvalue weighted by Crippen LogP contribution is 2.20. The van der Waals surface area contributed by atoms with E-state index in [4.69, 9.17) is 20.1 Å². The number of hydrogen-bond acceptors (Lipinski definition) is 7. The van der Waals surface area contributed by atoms with Gasteiger partial charge in [0.1, 0.15) is 18.2 Å². The summed E-state index contributed by atoms with van der Waals surface area (Å²) in [6.07, 6.45) is -0.587. The van der Waals surface area contributed by atoms with E-state index in [-0.39, 0.29) is 24.6 Å². The molecule has 0 aliphatic rings. The standard InChI is InChI=1S/C28H25N3O6S/c29-26(30)25-13-12-23-14-21(8-11-24(23)15-25)18-38(34,35)37-27(32)22-9-6-19(7-10-22)16-31-28(33)36-17-20-4-2-1-3-5-20/h1-15H,16-18H2,(H3,29,30)(H,31,33). The normalized spacial score (nSPS) is 11.1. The highest BCUT2D eigenvalue weighted by Gasteiger charge is 2.20. The first-order chi connectivity index (χ1) is 18.2. The number of benzene rings is 4. The SMILES string of the molecule is N=C(N)c1ccc2cc(CS(=O)(=O)OC(=O)c3ccc(CNC(=O)OCc4ccccc4)cc3)ccc2c1. The number of amidine groups is 1. The molecule has 0 saturated carbocycles. The van der Waals surface area contributed by atoms with Crippen molar-refractivity contribution in [1.29, 1.82) is 5.41 Å². The first-order valence-corrected chi connectivity index (χ1v) is 13.1. The van der Waals surface area contributed by atoms with Gasteiger partial charge in [0.05, 0.1) is 5.56 Å². The third-order valence-electron chi connectivity index (χ3n) is 5.60. The van der Waals surface area contributed by atoms with E-state index in [9.17, 15) is 18.0 Å². The molecule has 38 heavy (non-hydrogen) atoms. The third kappa shape index (κ3) is 7.17. The minimum Gasteiger partial charge on any atom is -0.445 e. The Labute approximate surface area is 219 Å². The molecule has 0 heterocycles. The summed E-state index contributed by atoms with van der Waals surface area (Å²) in [6, 6.07) is 25.5. The van der Waals surface area contributed by atoms with Crippen molar-refractivity contribution in [2.45, 2.75) is 18.9 Å². The van der Waals surface area contributed by atoms with E-state index >= 15 is 0 Å². The van der Waals surface area contributed by atoms with Gasteiger partial charge in [0, 0.05) is 12.1 Å². The molecule has 4 N–H and O–H groups in total. The largest absolute Gasteiger partial charge is 0.445 e. The van der Waals surface area contributed by atoms with Crippen molar-refractivity contribution in [3.8, 4) is 0 Å². The maximum absolute atomic E-state index is 12.5. The highest BCUT2D eigenvalue weighted by atomic mass is 32.2. The van der Waals surface area contributed by atoms with Gasteiger partial charge >= 0.3 is 22.2 Å². The van der Waals surface area contributed by atoms with Crippen LogP contribution in [0.2, 0.25) is 0 Å². The molecule has 0 aliphatic carbocycles. The van der Waals surface area contributed by atoms with Gasteiger partial charge in [-0.15, -0.1) is 0 Å². The molecule has 1 amide bonds. The average Bonchev–Trinajstić information content (AvgIpc) is 2.90. The van der Waals surface area contributed by atoms with Crippen LogP contribution < -0.4 is 11.1 Å². The van der Waals surface area contributed by atoms with E-state index < -0.39 is 27.9 Å². The predicted octanol–water partition coefficient (Wildman–Crippen LogP) is 4.24. The molecular formula is C28H25N3O6S. The number of nitrogens with one attached hydrogen (secondary N) is 2. The number of nitrogen functional groups attached to an aromatic ring is 1. The molecule has 0 fully saturated rings. The van der Waals surface area contributed by atoms with E-state index in [2.05, 4.69) is 5.32 Å². The number of carbonyl (C=O) groups excluding carboxylic acids is 2. The first kappa shape index (κ1) is 26.4. The van der Waals surface area contributed by atoms with Crippen molar-refractivity contribution in [2.24, 2.45) is 5.73 Å². The van der Waals surface area contributed by atoms with Gasteiger partial charge in [-0.2, -0.15) is 8.42 Å². The summed E-state index contributed by atoms with van der Waals surface area (Å²) in [4.78, 5) is 24.3. The molecule has 4 aromatic rings. The number of ether oxygens (including phenoxy) is 1. The van der Waals surface area contributed by atoms with Crippen LogP contribution in [-0.2, 0) is 37.9 Å². The third-order valence-corrected chi connectivity index (χ3v) is 6.69. The average molecular weight is 532 g/mol. The molecule has 0 unspecified atom stereocenters. The molecule has 0 saturated heterocycles. The minimum absolute atomic E-state index is 0.0549. The Kier molecular flexibility index (Phi) is 8.03. The number of rotatable bonds is 9. The molecule has 10 heteroatoms. The summed E-state index contributed by atoms with van der Waals surface area (Å²) in [5, 5.41) is 11.7. The molecule has 0 bridgehead atoms. The van der Waals surface area contributed by atoms with Gasteiger partial charge in [0.2, 0.25) is 0 Å². The molecule has 0 aromatic heterocycles. The van der Waals surface area contributed by atoms with Gasteiger partial charge in [-0.1, -0.05) is 72.8 Å². The molecular weight excluding hydrogens is 506 g/mol. The highest BCUT2D eigenvalue weighted by molar-refractivity contribution is 7.86. The molecule has 4 aromatic carbocycles. The topological polar surface area (TPSA) is 149 Å². The maximum atomic E-state index is 12.5. The van der Waals surface area contributed by atoms with Crippen LogP contribution >= 0.6 is 0 Å². The maximum Gasteiger partial charge on any atom is 0.407 e. The van der Waals surface area contributed by atoms with E-state index in [1.54, 1.807) is 48.5 Å². The fourth-order valence-corrected chi connectivity index (χ4v) is 4.63. The summed E-state index contributed by atoms with van der Waals surface area (Å²) >= 11 is 0. The lowest BCUT2D eigenvalue weighted by Crippen LogP contribution is -2.23. The van der Waals surface area contributed by atoms with Gasteiger partial charge in [0.25, 0.3) is 0 Å². The van der Waals surface area contributed by atoms with Crippen LogP contribution in [0.25, 0.3) is 10.8 Å². The second-order valence-electron chi connectivity index (χ2n) is 8.49. The number of nitrogens with two attached hydrogens (primary N) is 1. The van der Waals surface area contributed by atoms with E-state index in [1.165, 1.54) is 12.1 Å². The fraction of sp³-hybridized carbons (Fsp3) is 0.107. The number of amides is 1. The van der Waals surface area contributed by atoms with Crippen molar-refractivity contribution in [2.75, 3.05) is 0 Å². The molecule has 194 valence electrons. The van der Waals surface area contributed by atoms with Crippen LogP contribution in [0, 0.1) is 5.41 Å². The van der Waals surface area contributed by atoms with Crippen LogP contribution in [0.1, 0.15) is 32.6 Å². The smallest absolute Gasteiger partial charge is 0.407 e. The second-order valence-corrected chi connectivity index (χ2v) is 10.1. The molecule has 0 aliphatic heterocycles. The summed E-state index contributed by atoms with van der Waals surface area (Å²) in [5.74, 6) is -1.55. The quantitative estimate of drug-likeness (QED) is 0.166. The van der Waals surface area contributed by atoms with Crippen molar-refractivity contribution in [1.82, 2.24) is 5.32 Å². The van der Waals surface area contributed by atoms with Crippen LogP contribution in [0.3, 0.4) is 0 Å². The van der Waals surface area contributed by atoms with Gasteiger partial charge in [-0.3, -0.25) is 5.41 Å². The Morgan fingerprint density at radius 2 is 1.42 bits per heavy atom. The summed E-state index contributed by atoms with van der Waals surface area (Å²) in [5.41, 5.74) is 8.13. The molecule has 4 rings (SSSR count). The number of alkyl carbamates (subject to hydrolysis) is 1. The monoisotopic (exact) mass is 531 g/mol. The Morgan fingerprint density at radius 3 is 2.13 bits per heavy atom. The predicted molar refractivity (Wildman–Crippen MR) is 143 cm³/mol. The van der Waals surface area contributed by atoms with Gasteiger partial charge in [-0.05, 0) is 45.7 Å². The lowest BCUT2D eigenvalue weighted by atomic mass is 10.0. The van der Waals surface area contributed by atoms with Crippen molar-refractivity contribution in [3.05, 3.63) is 119 Å². The number of carbonyl (C=O) groups is 2. The van der Waals surface area contributed by atoms with Crippen molar-refractivity contribution >= 4 is 38.8 Å². The number of fused-ring (bicyclic) bond motifs is 1. The lowest BCUT2D eigenvalue weighted by molar-refractivity contribution is 0.0746. The van der Waals surface area contributed by atoms with Gasteiger partial charge in [-0.25, -0.2) is 9.59 Å². The van der Waals surface area contributed by atoms with Gasteiger partial charge in [0.15, 0.2) is 0 Å². The first-order valence-electron chi connectivity index (χ1n) is 11.6.